The van der Waals surface area contributed by atoms with Crippen LogP contribution in [0.25, 0.3) is 0 Å². The van der Waals surface area contributed by atoms with Crippen LogP contribution in [0.4, 0.5) is 0 Å². The number of guanidine groups is 1. The summed E-state index contributed by atoms with van der Waals surface area (Å²) >= 11 is 5.81. The Kier molecular flexibility index (Phi) is 7.83. The Balaban J connectivity index is 1.40. The lowest BCUT2D eigenvalue weighted by Gasteiger charge is -2.12. The van der Waals surface area contributed by atoms with E-state index >= 15 is 0 Å². The molecule has 0 unspecified atom stereocenters. The molecule has 0 radical (unpaired) electrons. The highest BCUT2D eigenvalue weighted by Gasteiger charge is 2.01. The van der Waals surface area contributed by atoms with Gasteiger partial charge in [0, 0.05) is 32.5 Å². The van der Waals surface area contributed by atoms with E-state index in [-0.39, 0.29) is 0 Å². The number of nitrogens with zero attached hydrogens (tertiary/aromatic N) is 3. The van der Waals surface area contributed by atoms with Crippen LogP contribution in [-0.4, -0.2) is 29.5 Å². The molecule has 0 aliphatic heterocycles. The molecule has 0 aliphatic carbocycles. The number of pyridine rings is 2. The topological polar surface area (TPSA) is 71.4 Å². The highest BCUT2D eigenvalue weighted by molar-refractivity contribution is 6.29. The predicted octanol–water partition coefficient (Wildman–Crippen LogP) is 3.62. The van der Waals surface area contributed by atoms with Gasteiger partial charge < -0.3 is 15.4 Å². The summed E-state index contributed by atoms with van der Waals surface area (Å²) in [6.07, 6.45) is 4.39. The van der Waals surface area contributed by atoms with Gasteiger partial charge in [-0.25, -0.2) is 4.98 Å². The average molecular weight is 410 g/mol. The summed E-state index contributed by atoms with van der Waals surface area (Å²) in [5.74, 6) is 1.57. The first-order chi connectivity index (χ1) is 14.2. The molecule has 0 spiro atoms. The Morgan fingerprint density at radius 2 is 1.83 bits per heavy atom. The van der Waals surface area contributed by atoms with E-state index in [4.69, 9.17) is 16.3 Å². The molecule has 3 aromatic rings. The van der Waals surface area contributed by atoms with Crippen LogP contribution < -0.4 is 15.4 Å². The van der Waals surface area contributed by atoms with E-state index in [0.29, 0.717) is 18.3 Å². The van der Waals surface area contributed by atoms with Gasteiger partial charge in [0.05, 0.1) is 5.69 Å². The molecule has 0 fully saturated rings. The predicted molar refractivity (Wildman–Crippen MR) is 116 cm³/mol. The third-order valence-electron chi connectivity index (χ3n) is 4.21. The molecule has 2 aromatic heterocycles. The lowest BCUT2D eigenvalue weighted by molar-refractivity contribution is 0.301. The second kappa shape index (κ2) is 11.0. The maximum atomic E-state index is 5.81. The number of hydrogen-bond acceptors (Lipinski definition) is 4. The van der Waals surface area contributed by atoms with Gasteiger partial charge in [0.15, 0.2) is 5.96 Å². The van der Waals surface area contributed by atoms with Gasteiger partial charge in [0.2, 0.25) is 0 Å². The van der Waals surface area contributed by atoms with Crippen LogP contribution in [0, 0.1) is 0 Å². The molecule has 0 saturated heterocycles. The fourth-order valence-corrected chi connectivity index (χ4v) is 2.74. The van der Waals surface area contributed by atoms with Gasteiger partial charge in [-0.3, -0.25) is 9.98 Å². The van der Waals surface area contributed by atoms with Crippen molar-refractivity contribution in [2.24, 2.45) is 4.99 Å². The Hall–Kier alpha value is -3.12. The van der Waals surface area contributed by atoms with Gasteiger partial charge >= 0.3 is 0 Å². The molecule has 0 bridgehead atoms. The summed E-state index contributed by atoms with van der Waals surface area (Å²) in [6.45, 7) is 1.88. The number of aliphatic imine (C=N–C) groups is 1. The van der Waals surface area contributed by atoms with Gasteiger partial charge in [-0.1, -0.05) is 35.9 Å². The fraction of sp³-hybridized carbons (Fsp3) is 0.227. The van der Waals surface area contributed by atoms with E-state index in [0.717, 1.165) is 41.5 Å². The maximum Gasteiger partial charge on any atom is 0.191 e. The van der Waals surface area contributed by atoms with Crippen LogP contribution in [0.5, 0.6) is 5.75 Å². The average Bonchev–Trinajstić information content (AvgIpc) is 2.77. The number of ether oxygens (including phenoxy) is 1. The second-order valence-electron chi connectivity index (χ2n) is 6.35. The molecule has 0 saturated carbocycles. The van der Waals surface area contributed by atoms with Crippen LogP contribution in [0.2, 0.25) is 5.15 Å². The van der Waals surface area contributed by atoms with Crippen molar-refractivity contribution in [1.82, 2.24) is 20.6 Å². The third kappa shape index (κ3) is 7.08. The SMILES string of the molecule is CN=C(NCCc1ccc(Cl)nc1)NCc1ccc(OCc2ccccn2)cc1. The summed E-state index contributed by atoms with van der Waals surface area (Å²) in [7, 11) is 1.76. The number of aromatic nitrogens is 2. The van der Waals surface area contributed by atoms with Gasteiger partial charge in [0.1, 0.15) is 17.5 Å². The zero-order valence-corrected chi connectivity index (χ0v) is 17.1. The van der Waals surface area contributed by atoms with Gasteiger partial charge in [-0.15, -0.1) is 0 Å². The van der Waals surface area contributed by atoms with Crippen molar-refractivity contribution in [3.05, 3.63) is 89.0 Å². The van der Waals surface area contributed by atoms with Crippen LogP contribution in [0.1, 0.15) is 16.8 Å². The smallest absolute Gasteiger partial charge is 0.191 e. The van der Waals surface area contributed by atoms with E-state index in [1.54, 1.807) is 25.5 Å². The first-order valence-electron chi connectivity index (χ1n) is 9.39. The van der Waals surface area contributed by atoms with E-state index in [1.165, 1.54) is 0 Å². The zero-order valence-electron chi connectivity index (χ0n) is 16.3. The third-order valence-corrected chi connectivity index (χ3v) is 4.44. The van der Waals surface area contributed by atoms with Crippen molar-refractivity contribution in [2.75, 3.05) is 13.6 Å². The number of nitrogens with one attached hydrogen (secondary N) is 2. The number of rotatable bonds is 8. The van der Waals surface area contributed by atoms with Crippen LogP contribution in [-0.2, 0) is 19.6 Å². The highest BCUT2D eigenvalue weighted by Crippen LogP contribution is 2.13. The van der Waals surface area contributed by atoms with Crippen molar-refractivity contribution in [2.45, 2.75) is 19.6 Å². The molecule has 7 heteroatoms. The summed E-state index contributed by atoms with van der Waals surface area (Å²) in [4.78, 5) is 12.6. The van der Waals surface area contributed by atoms with Crippen molar-refractivity contribution in [3.8, 4) is 5.75 Å². The molecule has 29 heavy (non-hydrogen) atoms. The van der Waals surface area contributed by atoms with E-state index in [9.17, 15) is 0 Å². The molecule has 150 valence electrons. The molecule has 6 nitrogen and oxygen atoms in total. The van der Waals surface area contributed by atoms with Gasteiger partial charge in [0.25, 0.3) is 0 Å². The minimum atomic E-state index is 0.456. The van der Waals surface area contributed by atoms with E-state index < -0.39 is 0 Å². The van der Waals surface area contributed by atoms with Crippen LogP contribution >= 0.6 is 11.6 Å². The van der Waals surface area contributed by atoms with Crippen LogP contribution in [0.3, 0.4) is 0 Å². The first kappa shape index (κ1) is 20.6. The maximum absolute atomic E-state index is 5.81. The van der Waals surface area contributed by atoms with Crippen molar-refractivity contribution in [3.63, 3.8) is 0 Å². The Morgan fingerprint density at radius 3 is 2.52 bits per heavy atom. The van der Waals surface area contributed by atoms with Gasteiger partial charge in [-0.05, 0) is 47.9 Å². The molecule has 0 aliphatic rings. The minimum absolute atomic E-state index is 0.456. The largest absolute Gasteiger partial charge is 0.487 e. The standard InChI is InChI=1S/C22H24ClN5O/c1-24-22(26-13-11-18-7-10-21(23)27-14-18)28-15-17-5-8-20(9-6-17)29-16-19-4-2-3-12-25-19/h2-10,12,14H,11,13,15-16H2,1H3,(H2,24,26,28). The molecule has 0 amide bonds. The Morgan fingerprint density at radius 1 is 1.00 bits per heavy atom. The summed E-state index contributed by atoms with van der Waals surface area (Å²) in [6, 6.07) is 17.6. The molecule has 2 heterocycles. The quantitative estimate of drug-likeness (QED) is 0.338. The number of halogens is 1. The summed E-state index contributed by atoms with van der Waals surface area (Å²) in [5, 5.41) is 7.12. The molecular formula is C22H24ClN5O. The van der Waals surface area contributed by atoms with Crippen molar-refractivity contribution in [1.29, 1.82) is 0 Å². The molecule has 2 N–H and O–H groups in total. The van der Waals surface area contributed by atoms with Crippen LogP contribution in [0.15, 0.2) is 72.0 Å². The summed E-state index contributed by atoms with van der Waals surface area (Å²) in [5.41, 5.74) is 3.17. The van der Waals surface area contributed by atoms with Crippen molar-refractivity contribution < 1.29 is 4.74 Å². The van der Waals surface area contributed by atoms with Crippen molar-refractivity contribution >= 4 is 17.6 Å². The first-order valence-corrected chi connectivity index (χ1v) is 9.77. The lowest BCUT2D eigenvalue weighted by atomic mass is 10.2. The Labute approximate surface area is 176 Å². The normalized spacial score (nSPS) is 11.2. The molecule has 1 aromatic carbocycles. The lowest BCUT2D eigenvalue weighted by Crippen LogP contribution is -2.37. The van der Waals surface area contributed by atoms with Gasteiger partial charge in [-0.2, -0.15) is 0 Å². The minimum Gasteiger partial charge on any atom is -0.487 e. The number of benzene rings is 1. The molecular weight excluding hydrogens is 386 g/mol. The second-order valence-corrected chi connectivity index (χ2v) is 6.73. The highest BCUT2D eigenvalue weighted by atomic mass is 35.5. The monoisotopic (exact) mass is 409 g/mol. The number of hydrogen-bond donors (Lipinski definition) is 2. The zero-order chi connectivity index (χ0) is 20.3. The molecule has 0 atom stereocenters. The fourth-order valence-electron chi connectivity index (χ4n) is 2.63. The Bertz CT molecular complexity index is 899. The summed E-state index contributed by atoms with van der Waals surface area (Å²) < 4.78 is 5.76. The van der Waals surface area contributed by atoms with E-state index in [2.05, 4.69) is 25.6 Å². The molecule has 3 rings (SSSR count). The van der Waals surface area contributed by atoms with E-state index in [1.807, 2.05) is 48.5 Å².